The average molecular weight is 292 g/mol. The fourth-order valence-corrected chi connectivity index (χ4v) is 2.60. The van der Waals surface area contributed by atoms with Gasteiger partial charge in [-0.3, -0.25) is 0 Å². The largest absolute Gasteiger partial charge is 0.479 e. The smallest absolute Gasteiger partial charge is 0.340 e. The Morgan fingerprint density at radius 2 is 1.48 bits per heavy atom. The summed E-state index contributed by atoms with van der Waals surface area (Å²) < 4.78 is 0. The number of carboxylic acid groups (broad SMARTS) is 1. The van der Waals surface area contributed by atoms with Crippen LogP contribution in [0.5, 0.6) is 0 Å². The van der Waals surface area contributed by atoms with Crippen molar-refractivity contribution in [2.45, 2.75) is 70.3 Å². The zero-order valence-electron chi connectivity index (χ0n) is 13.1. The minimum Gasteiger partial charge on any atom is -0.479 e. The van der Waals surface area contributed by atoms with Crippen LogP contribution in [0.4, 0.5) is 0 Å². The number of aliphatic carboxylic acids is 1. The molecule has 118 valence electrons. The summed E-state index contributed by atoms with van der Waals surface area (Å²) in [4.78, 5) is 11.4. The van der Waals surface area contributed by atoms with Crippen LogP contribution in [0, 0.1) is 0 Å². The number of hydrogen-bond acceptors (Lipinski definition) is 2. The maximum absolute atomic E-state index is 11.4. The van der Waals surface area contributed by atoms with E-state index in [1.54, 1.807) is 24.3 Å². The lowest BCUT2D eigenvalue weighted by Gasteiger charge is -2.23. The van der Waals surface area contributed by atoms with Crippen molar-refractivity contribution in [3.05, 3.63) is 35.9 Å². The molecule has 0 bridgehead atoms. The first-order chi connectivity index (χ1) is 10.1. The monoisotopic (exact) mass is 292 g/mol. The first-order valence-electron chi connectivity index (χ1n) is 8.12. The summed E-state index contributed by atoms with van der Waals surface area (Å²) in [6, 6.07) is 8.70. The highest BCUT2D eigenvalue weighted by Gasteiger charge is 2.36. The topological polar surface area (TPSA) is 57.5 Å². The van der Waals surface area contributed by atoms with E-state index in [0.717, 1.165) is 19.3 Å². The summed E-state index contributed by atoms with van der Waals surface area (Å²) in [5, 5.41) is 19.8. The van der Waals surface area contributed by atoms with E-state index in [4.69, 9.17) is 0 Å². The Morgan fingerprint density at radius 1 is 0.952 bits per heavy atom. The van der Waals surface area contributed by atoms with Crippen molar-refractivity contribution < 1.29 is 15.0 Å². The third-order valence-electron chi connectivity index (χ3n) is 4.00. The third kappa shape index (κ3) is 5.88. The molecule has 0 spiro atoms. The molecule has 0 fully saturated rings. The highest BCUT2D eigenvalue weighted by molar-refractivity contribution is 5.79. The van der Waals surface area contributed by atoms with Crippen LogP contribution in [-0.4, -0.2) is 16.2 Å². The molecule has 0 amide bonds. The second-order valence-corrected chi connectivity index (χ2v) is 5.76. The van der Waals surface area contributed by atoms with Gasteiger partial charge in [0.1, 0.15) is 0 Å². The van der Waals surface area contributed by atoms with E-state index in [-0.39, 0.29) is 6.42 Å². The number of rotatable bonds is 11. The number of carboxylic acids is 1. The number of hydrogen-bond donors (Lipinski definition) is 2. The summed E-state index contributed by atoms with van der Waals surface area (Å²) in [6.07, 6.45) is 9.43. The molecule has 0 saturated heterocycles. The third-order valence-corrected chi connectivity index (χ3v) is 4.00. The van der Waals surface area contributed by atoms with E-state index in [1.807, 2.05) is 6.07 Å². The van der Waals surface area contributed by atoms with Gasteiger partial charge < -0.3 is 10.2 Å². The van der Waals surface area contributed by atoms with Crippen LogP contribution < -0.4 is 0 Å². The van der Waals surface area contributed by atoms with Gasteiger partial charge in [-0.25, -0.2) is 4.79 Å². The fourth-order valence-electron chi connectivity index (χ4n) is 2.60. The number of unbranched alkanes of at least 4 members (excludes halogenated alkanes) is 7. The molecular formula is C18H28O3. The summed E-state index contributed by atoms with van der Waals surface area (Å²) in [6.45, 7) is 2.20. The van der Waals surface area contributed by atoms with Crippen molar-refractivity contribution in [3.63, 3.8) is 0 Å². The maximum atomic E-state index is 11.4. The molecule has 0 aliphatic carbocycles. The first-order valence-corrected chi connectivity index (χ1v) is 8.12. The first kappa shape index (κ1) is 17.7. The molecule has 1 aromatic rings. The van der Waals surface area contributed by atoms with Gasteiger partial charge in [0.05, 0.1) is 0 Å². The molecule has 0 saturated carbocycles. The van der Waals surface area contributed by atoms with Gasteiger partial charge in [-0.2, -0.15) is 0 Å². The molecule has 0 aromatic heterocycles. The van der Waals surface area contributed by atoms with Crippen molar-refractivity contribution in [2.75, 3.05) is 0 Å². The lowest BCUT2D eigenvalue weighted by Crippen LogP contribution is -2.35. The predicted octanol–water partition coefficient (Wildman–Crippen LogP) is 4.49. The molecule has 1 atom stereocenters. The van der Waals surface area contributed by atoms with E-state index in [1.165, 1.54) is 32.1 Å². The molecule has 1 unspecified atom stereocenters. The lowest BCUT2D eigenvalue weighted by molar-refractivity contribution is -0.160. The van der Waals surface area contributed by atoms with E-state index in [2.05, 4.69) is 6.92 Å². The van der Waals surface area contributed by atoms with Gasteiger partial charge in [-0.05, 0) is 18.4 Å². The Labute approximate surface area is 128 Å². The van der Waals surface area contributed by atoms with Crippen LogP contribution in [0.15, 0.2) is 30.3 Å². The van der Waals surface area contributed by atoms with E-state index < -0.39 is 11.6 Å². The van der Waals surface area contributed by atoms with Crippen molar-refractivity contribution in [1.82, 2.24) is 0 Å². The van der Waals surface area contributed by atoms with Crippen molar-refractivity contribution in [2.24, 2.45) is 0 Å². The van der Waals surface area contributed by atoms with E-state index in [9.17, 15) is 15.0 Å². The Balaban J connectivity index is 2.34. The zero-order chi connectivity index (χ0) is 15.6. The molecule has 3 heteroatoms. The lowest BCUT2D eigenvalue weighted by atomic mass is 9.88. The second-order valence-electron chi connectivity index (χ2n) is 5.76. The number of benzene rings is 1. The Kier molecular flexibility index (Phi) is 8.06. The van der Waals surface area contributed by atoms with Gasteiger partial charge in [0.15, 0.2) is 5.60 Å². The highest BCUT2D eigenvalue weighted by Crippen LogP contribution is 2.28. The van der Waals surface area contributed by atoms with Gasteiger partial charge in [0.2, 0.25) is 0 Å². The Bertz CT molecular complexity index is 402. The molecule has 3 nitrogen and oxygen atoms in total. The predicted molar refractivity (Wildman–Crippen MR) is 85.2 cm³/mol. The zero-order valence-corrected chi connectivity index (χ0v) is 13.1. The Hall–Kier alpha value is -1.35. The second kappa shape index (κ2) is 9.56. The molecule has 0 radical (unpaired) electrons. The van der Waals surface area contributed by atoms with Crippen molar-refractivity contribution in [3.8, 4) is 0 Å². The van der Waals surface area contributed by atoms with Crippen molar-refractivity contribution in [1.29, 1.82) is 0 Å². The van der Waals surface area contributed by atoms with Crippen LogP contribution in [0.3, 0.4) is 0 Å². The van der Waals surface area contributed by atoms with Gasteiger partial charge in [0, 0.05) is 0 Å². The normalized spacial score (nSPS) is 13.8. The van der Waals surface area contributed by atoms with Crippen LogP contribution in [0.25, 0.3) is 0 Å². The Morgan fingerprint density at radius 3 is 2.00 bits per heavy atom. The summed E-state index contributed by atoms with van der Waals surface area (Å²) >= 11 is 0. The molecule has 0 aliphatic heterocycles. The van der Waals surface area contributed by atoms with Crippen LogP contribution >= 0.6 is 0 Å². The minimum absolute atomic E-state index is 0.279. The highest BCUT2D eigenvalue weighted by atomic mass is 16.4. The molecule has 21 heavy (non-hydrogen) atoms. The standard InChI is InChI=1S/C18H28O3/c1-2-3-4-5-6-7-8-12-15-18(21,17(19)20)16-13-10-9-11-14-16/h9-11,13-14,21H,2-8,12,15H2,1H3,(H,19,20). The molecule has 1 rings (SSSR count). The molecule has 0 aliphatic rings. The molecule has 2 N–H and O–H groups in total. The number of carbonyl (C=O) groups is 1. The fraction of sp³-hybridized carbons (Fsp3) is 0.611. The van der Waals surface area contributed by atoms with Gasteiger partial charge in [0.25, 0.3) is 0 Å². The SMILES string of the molecule is CCCCCCCCCCC(O)(C(=O)O)c1ccccc1. The quantitative estimate of drug-likeness (QED) is 0.591. The summed E-state index contributed by atoms with van der Waals surface area (Å²) in [7, 11) is 0. The average Bonchev–Trinajstić information content (AvgIpc) is 2.50. The summed E-state index contributed by atoms with van der Waals surface area (Å²) in [5.41, 5.74) is -1.27. The van der Waals surface area contributed by atoms with Gasteiger partial charge >= 0.3 is 5.97 Å². The van der Waals surface area contributed by atoms with E-state index in [0.29, 0.717) is 5.56 Å². The van der Waals surface area contributed by atoms with E-state index >= 15 is 0 Å². The number of aliphatic hydroxyl groups is 1. The molecule has 0 heterocycles. The van der Waals surface area contributed by atoms with Crippen molar-refractivity contribution >= 4 is 5.97 Å². The van der Waals surface area contributed by atoms with Crippen LogP contribution in [-0.2, 0) is 10.4 Å². The van der Waals surface area contributed by atoms with Gasteiger partial charge in [-0.1, -0.05) is 82.2 Å². The van der Waals surface area contributed by atoms with Gasteiger partial charge in [-0.15, -0.1) is 0 Å². The van der Waals surface area contributed by atoms with Crippen LogP contribution in [0.1, 0.15) is 70.3 Å². The summed E-state index contributed by atoms with van der Waals surface area (Å²) in [5.74, 6) is -1.16. The molecular weight excluding hydrogens is 264 g/mol. The van der Waals surface area contributed by atoms with Crippen LogP contribution in [0.2, 0.25) is 0 Å². The molecule has 1 aromatic carbocycles. The maximum Gasteiger partial charge on any atom is 0.340 e. The minimum atomic E-state index is -1.75.